The molecule has 0 aromatic carbocycles. The second kappa shape index (κ2) is 6.85. The molecule has 0 fully saturated rings. The van der Waals surface area contributed by atoms with Gasteiger partial charge in [-0.25, -0.2) is 0 Å². The Labute approximate surface area is 95.6 Å². The van der Waals surface area contributed by atoms with E-state index in [9.17, 15) is 9.59 Å². The van der Waals surface area contributed by atoms with Gasteiger partial charge in [-0.1, -0.05) is 6.92 Å². The van der Waals surface area contributed by atoms with Crippen LogP contribution in [-0.2, 0) is 9.59 Å². The van der Waals surface area contributed by atoms with Crippen molar-refractivity contribution in [2.24, 2.45) is 11.7 Å². The predicted molar refractivity (Wildman–Crippen MR) is 60.5 cm³/mol. The normalized spacial score (nSPS) is 13.6. The summed E-state index contributed by atoms with van der Waals surface area (Å²) in [5, 5.41) is 8.75. The van der Waals surface area contributed by atoms with Crippen molar-refractivity contribution in [2.45, 2.75) is 26.3 Å². The number of hydrogen-bond acceptors (Lipinski definition) is 3. The van der Waals surface area contributed by atoms with Crippen LogP contribution >= 0.6 is 0 Å². The third-order valence-corrected chi connectivity index (χ3v) is 2.26. The lowest BCUT2D eigenvalue weighted by molar-refractivity contribution is -0.143. The highest BCUT2D eigenvalue weighted by atomic mass is 16.4. The highest BCUT2D eigenvalue weighted by Crippen LogP contribution is 2.03. The van der Waals surface area contributed by atoms with Gasteiger partial charge in [0.2, 0.25) is 5.91 Å². The van der Waals surface area contributed by atoms with Crippen molar-refractivity contribution in [1.82, 2.24) is 4.90 Å². The zero-order chi connectivity index (χ0) is 12.7. The molecule has 0 aromatic heterocycles. The molecule has 5 nitrogen and oxygen atoms in total. The highest BCUT2D eigenvalue weighted by molar-refractivity contribution is 5.82. The largest absolute Gasteiger partial charge is 0.481 e. The van der Waals surface area contributed by atoms with Crippen molar-refractivity contribution >= 4 is 11.9 Å². The Bertz CT molecular complexity index is 296. The third-order valence-electron chi connectivity index (χ3n) is 2.26. The number of nitrogens with zero attached hydrogens (tertiary/aromatic N) is 1. The number of carbonyl (C=O) groups excluding carboxylic acids is 1. The molecule has 0 radical (unpaired) electrons. The van der Waals surface area contributed by atoms with Gasteiger partial charge in [0.05, 0.1) is 12.0 Å². The fourth-order valence-electron chi connectivity index (χ4n) is 1.23. The maximum atomic E-state index is 11.7. The lowest BCUT2D eigenvalue weighted by Crippen LogP contribution is -2.46. The third kappa shape index (κ3) is 4.32. The van der Waals surface area contributed by atoms with E-state index in [1.54, 1.807) is 13.8 Å². The summed E-state index contributed by atoms with van der Waals surface area (Å²) >= 11 is 0. The molecule has 0 bridgehead atoms. The van der Waals surface area contributed by atoms with Crippen LogP contribution in [0.5, 0.6) is 0 Å². The number of carboxylic acids is 1. The van der Waals surface area contributed by atoms with Crippen molar-refractivity contribution < 1.29 is 14.7 Å². The number of aliphatic carboxylic acids is 1. The van der Waals surface area contributed by atoms with E-state index in [2.05, 4.69) is 5.92 Å². The zero-order valence-electron chi connectivity index (χ0n) is 9.64. The molecular formula is C11H18N2O3. The SMILES string of the molecule is C#CCC(N)C(=O)N(CC)CC(C)C(=O)O. The van der Waals surface area contributed by atoms with Crippen molar-refractivity contribution in [3.8, 4) is 12.3 Å². The molecule has 2 unspecified atom stereocenters. The summed E-state index contributed by atoms with van der Waals surface area (Å²) in [7, 11) is 0. The van der Waals surface area contributed by atoms with E-state index in [0.29, 0.717) is 6.54 Å². The van der Waals surface area contributed by atoms with Crippen molar-refractivity contribution in [2.75, 3.05) is 13.1 Å². The second-order valence-electron chi connectivity index (χ2n) is 3.63. The van der Waals surface area contributed by atoms with E-state index >= 15 is 0 Å². The van der Waals surface area contributed by atoms with Crippen molar-refractivity contribution in [3.63, 3.8) is 0 Å². The number of terminal acetylenes is 1. The first-order chi connectivity index (χ1) is 7.43. The Kier molecular flexibility index (Phi) is 6.19. The Morgan fingerprint density at radius 3 is 2.50 bits per heavy atom. The Balaban J connectivity index is 4.44. The summed E-state index contributed by atoms with van der Waals surface area (Å²) in [6.45, 7) is 3.90. The van der Waals surface area contributed by atoms with Crippen molar-refractivity contribution in [1.29, 1.82) is 0 Å². The molecule has 3 N–H and O–H groups in total. The summed E-state index contributed by atoms with van der Waals surface area (Å²) in [4.78, 5) is 23.8. The number of carboxylic acid groups (broad SMARTS) is 1. The number of likely N-dealkylation sites (N-methyl/N-ethyl adjacent to an activating group) is 1. The molecule has 2 atom stereocenters. The average Bonchev–Trinajstić information content (AvgIpc) is 2.24. The molecule has 0 saturated carbocycles. The molecule has 1 amide bonds. The van der Waals surface area contributed by atoms with Gasteiger partial charge in [0, 0.05) is 19.5 Å². The molecule has 0 rings (SSSR count). The molecule has 0 spiro atoms. The Hall–Kier alpha value is -1.54. The first-order valence-corrected chi connectivity index (χ1v) is 5.14. The second-order valence-corrected chi connectivity index (χ2v) is 3.63. The van der Waals surface area contributed by atoms with Gasteiger partial charge in [0.1, 0.15) is 0 Å². The number of carbonyl (C=O) groups is 2. The molecular weight excluding hydrogens is 208 g/mol. The van der Waals surface area contributed by atoms with Crippen LogP contribution in [0, 0.1) is 18.3 Å². The minimum Gasteiger partial charge on any atom is -0.481 e. The summed E-state index contributed by atoms with van der Waals surface area (Å²) in [6.07, 6.45) is 5.23. The summed E-state index contributed by atoms with van der Waals surface area (Å²) < 4.78 is 0. The van der Waals surface area contributed by atoms with Crippen LogP contribution in [0.2, 0.25) is 0 Å². The molecule has 0 heterocycles. The molecule has 0 aromatic rings. The standard InChI is InChI=1S/C11H18N2O3/c1-4-6-9(12)10(14)13(5-2)7-8(3)11(15)16/h1,8-9H,5-7,12H2,2-3H3,(H,15,16). The number of nitrogens with two attached hydrogens (primary N) is 1. The van der Waals surface area contributed by atoms with Gasteiger partial charge in [-0.05, 0) is 6.92 Å². The number of hydrogen-bond donors (Lipinski definition) is 2. The van der Waals surface area contributed by atoms with Crippen LogP contribution in [0.25, 0.3) is 0 Å². The van der Waals surface area contributed by atoms with Gasteiger partial charge >= 0.3 is 5.97 Å². The molecule has 0 aliphatic heterocycles. The minimum absolute atomic E-state index is 0.156. The van der Waals surface area contributed by atoms with E-state index in [1.807, 2.05) is 0 Å². The van der Waals surface area contributed by atoms with Crippen LogP contribution < -0.4 is 5.73 Å². The van der Waals surface area contributed by atoms with Crippen LogP contribution in [-0.4, -0.2) is 41.0 Å². The number of rotatable bonds is 6. The van der Waals surface area contributed by atoms with Gasteiger partial charge in [-0.15, -0.1) is 12.3 Å². The first-order valence-electron chi connectivity index (χ1n) is 5.14. The minimum atomic E-state index is -0.934. The molecule has 90 valence electrons. The molecule has 16 heavy (non-hydrogen) atoms. The monoisotopic (exact) mass is 226 g/mol. The molecule has 5 heteroatoms. The van der Waals surface area contributed by atoms with E-state index in [1.165, 1.54) is 4.90 Å². The smallest absolute Gasteiger partial charge is 0.308 e. The lowest BCUT2D eigenvalue weighted by Gasteiger charge is -2.25. The maximum Gasteiger partial charge on any atom is 0.308 e. The summed E-state index contributed by atoms with van der Waals surface area (Å²) in [5.74, 6) is 0.474. The number of amides is 1. The maximum absolute atomic E-state index is 11.7. The highest BCUT2D eigenvalue weighted by Gasteiger charge is 2.22. The molecule has 0 saturated heterocycles. The Morgan fingerprint density at radius 2 is 2.12 bits per heavy atom. The van der Waals surface area contributed by atoms with E-state index < -0.39 is 17.9 Å². The first kappa shape index (κ1) is 14.5. The van der Waals surface area contributed by atoms with Gasteiger partial charge in [-0.2, -0.15) is 0 Å². The van der Waals surface area contributed by atoms with E-state index in [0.717, 1.165) is 0 Å². The summed E-state index contributed by atoms with van der Waals surface area (Å²) in [5.41, 5.74) is 5.57. The summed E-state index contributed by atoms with van der Waals surface area (Å²) in [6, 6.07) is -0.744. The van der Waals surface area contributed by atoms with Crippen molar-refractivity contribution in [3.05, 3.63) is 0 Å². The predicted octanol–water partition coefficient (Wildman–Crippen LogP) is -0.0938. The van der Waals surface area contributed by atoms with Gasteiger partial charge < -0.3 is 15.7 Å². The topological polar surface area (TPSA) is 83.6 Å². The molecule has 0 aliphatic carbocycles. The Morgan fingerprint density at radius 1 is 1.56 bits per heavy atom. The van der Waals surface area contributed by atoms with Gasteiger partial charge in [0.25, 0.3) is 0 Å². The van der Waals surface area contributed by atoms with E-state index in [4.69, 9.17) is 17.3 Å². The average molecular weight is 226 g/mol. The fourth-order valence-corrected chi connectivity index (χ4v) is 1.23. The van der Waals surface area contributed by atoms with Gasteiger partial charge in [-0.3, -0.25) is 9.59 Å². The molecule has 0 aliphatic rings. The van der Waals surface area contributed by atoms with Crippen LogP contribution in [0.15, 0.2) is 0 Å². The van der Waals surface area contributed by atoms with Crippen LogP contribution in [0.1, 0.15) is 20.3 Å². The van der Waals surface area contributed by atoms with Crippen LogP contribution in [0.4, 0.5) is 0 Å². The van der Waals surface area contributed by atoms with Crippen LogP contribution in [0.3, 0.4) is 0 Å². The van der Waals surface area contributed by atoms with Gasteiger partial charge in [0.15, 0.2) is 0 Å². The quantitative estimate of drug-likeness (QED) is 0.620. The fraction of sp³-hybridized carbons (Fsp3) is 0.636. The van der Waals surface area contributed by atoms with E-state index in [-0.39, 0.29) is 18.9 Å². The zero-order valence-corrected chi connectivity index (χ0v) is 9.64. The lowest BCUT2D eigenvalue weighted by atomic mass is 10.1.